The first-order valence-electron chi connectivity index (χ1n) is 6.95. The van der Waals surface area contributed by atoms with Crippen LogP contribution in [0.2, 0.25) is 0 Å². The monoisotopic (exact) mass is 262 g/mol. The van der Waals surface area contributed by atoms with Gasteiger partial charge in [-0.25, -0.2) is 0 Å². The van der Waals surface area contributed by atoms with Gasteiger partial charge in [0.05, 0.1) is 12.7 Å². The first-order chi connectivity index (χ1) is 9.31. The molecule has 19 heavy (non-hydrogen) atoms. The zero-order valence-electron chi connectivity index (χ0n) is 11.5. The van der Waals surface area contributed by atoms with Gasteiger partial charge >= 0.3 is 0 Å². The zero-order chi connectivity index (χ0) is 13.5. The number of hydrogen-bond acceptors (Lipinski definition) is 3. The highest BCUT2D eigenvalue weighted by Gasteiger charge is 2.30. The Bertz CT molecular complexity index is 394. The van der Waals surface area contributed by atoms with E-state index in [1.165, 1.54) is 5.56 Å². The van der Waals surface area contributed by atoms with Crippen LogP contribution in [0.3, 0.4) is 0 Å². The van der Waals surface area contributed by atoms with Crippen molar-refractivity contribution in [1.29, 1.82) is 0 Å². The second kappa shape index (κ2) is 7.26. The van der Waals surface area contributed by atoms with E-state index in [1.54, 1.807) is 0 Å². The molecule has 1 N–H and O–H groups in total. The van der Waals surface area contributed by atoms with Gasteiger partial charge in [-0.3, -0.25) is 10.1 Å². The number of benzene rings is 1. The molecule has 104 valence electrons. The summed E-state index contributed by atoms with van der Waals surface area (Å²) in [7, 11) is 0. The highest BCUT2D eigenvalue weighted by Crippen LogP contribution is 2.10. The van der Waals surface area contributed by atoms with Gasteiger partial charge < -0.3 is 9.64 Å². The van der Waals surface area contributed by atoms with Crippen molar-refractivity contribution in [2.45, 2.75) is 25.8 Å². The maximum atomic E-state index is 12.2. The van der Waals surface area contributed by atoms with E-state index in [0.29, 0.717) is 6.67 Å². The maximum absolute atomic E-state index is 12.2. The molecule has 0 saturated carbocycles. The fourth-order valence-electron chi connectivity index (χ4n) is 2.31. The zero-order valence-corrected chi connectivity index (χ0v) is 11.5. The fourth-order valence-corrected chi connectivity index (χ4v) is 2.31. The molecule has 2 rings (SSSR count). The number of ether oxygens (including phenoxy) is 1. The Hall–Kier alpha value is -1.39. The van der Waals surface area contributed by atoms with Gasteiger partial charge in [-0.1, -0.05) is 30.3 Å². The average Bonchev–Trinajstić information content (AvgIpc) is 2.78. The molecule has 0 aromatic heterocycles. The summed E-state index contributed by atoms with van der Waals surface area (Å²) in [5.74, 6) is 0.209. The molecular formula is C15H22N2O2. The summed E-state index contributed by atoms with van der Waals surface area (Å²) < 4.78 is 5.29. The SMILES string of the molecule is CCOCCCN1CNC(Cc2ccccc2)C1=O. The molecule has 1 heterocycles. The highest BCUT2D eigenvalue weighted by molar-refractivity contribution is 5.84. The van der Waals surface area contributed by atoms with E-state index in [4.69, 9.17) is 4.74 Å². The summed E-state index contributed by atoms with van der Waals surface area (Å²) >= 11 is 0. The lowest BCUT2D eigenvalue weighted by Gasteiger charge is -2.15. The molecule has 1 saturated heterocycles. The van der Waals surface area contributed by atoms with Gasteiger partial charge in [0.15, 0.2) is 0 Å². The second-order valence-electron chi connectivity index (χ2n) is 4.76. The second-order valence-corrected chi connectivity index (χ2v) is 4.76. The van der Waals surface area contributed by atoms with Crippen LogP contribution in [0.25, 0.3) is 0 Å². The van der Waals surface area contributed by atoms with E-state index in [0.717, 1.165) is 32.6 Å². The summed E-state index contributed by atoms with van der Waals surface area (Å²) in [6.07, 6.45) is 1.67. The van der Waals surface area contributed by atoms with Gasteiger partial charge in [-0.15, -0.1) is 0 Å². The predicted octanol–water partition coefficient (Wildman–Crippen LogP) is 1.41. The smallest absolute Gasteiger partial charge is 0.241 e. The molecule has 4 heteroatoms. The Labute approximate surface area is 114 Å². The largest absolute Gasteiger partial charge is 0.382 e. The van der Waals surface area contributed by atoms with Gasteiger partial charge in [0, 0.05) is 19.8 Å². The van der Waals surface area contributed by atoms with Crippen LogP contribution < -0.4 is 5.32 Å². The number of nitrogens with one attached hydrogen (secondary N) is 1. The van der Waals surface area contributed by atoms with Crippen molar-refractivity contribution >= 4 is 5.91 Å². The van der Waals surface area contributed by atoms with Gasteiger partial charge in [0.2, 0.25) is 5.91 Å². The van der Waals surface area contributed by atoms with Crippen molar-refractivity contribution in [3.05, 3.63) is 35.9 Å². The number of carbonyl (C=O) groups is 1. The number of carbonyl (C=O) groups excluding carboxylic acids is 1. The Balaban J connectivity index is 1.78. The van der Waals surface area contributed by atoms with Gasteiger partial charge in [0.25, 0.3) is 0 Å². The van der Waals surface area contributed by atoms with Crippen molar-refractivity contribution in [3.8, 4) is 0 Å². The summed E-state index contributed by atoms with van der Waals surface area (Å²) in [6.45, 7) is 4.88. The van der Waals surface area contributed by atoms with Gasteiger partial charge in [-0.05, 0) is 25.3 Å². The topological polar surface area (TPSA) is 41.6 Å². The molecular weight excluding hydrogens is 240 g/mol. The lowest BCUT2D eigenvalue weighted by atomic mass is 10.1. The van der Waals surface area contributed by atoms with E-state index in [1.807, 2.05) is 30.0 Å². The van der Waals surface area contributed by atoms with Crippen LogP contribution in [0.15, 0.2) is 30.3 Å². The van der Waals surface area contributed by atoms with Crippen molar-refractivity contribution in [1.82, 2.24) is 10.2 Å². The first kappa shape index (κ1) is 14.0. The average molecular weight is 262 g/mol. The Morgan fingerprint density at radius 2 is 2.16 bits per heavy atom. The van der Waals surface area contributed by atoms with Crippen molar-refractivity contribution in [2.24, 2.45) is 0 Å². The standard InChI is InChI=1S/C15H22N2O2/c1-2-19-10-6-9-17-12-16-14(15(17)18)11-13-7-4-3-5-8-13/h3-5,7-8,14,16H,2,6,9-12H2,1H3. The Kier molecular flexibility index (Phi) is 5.36. The molecule has 1 atom stereocenters. The maximum Gasteiger partial charge on any atom is 0.241 e. The number of amides is 1. The van der Waals surface area contributed by atoms with Crippen LogP contribution in [-0.2, 0) is 16.0 Å². The van der Waals surface area contributed by atoms with Gasteiger partial charge in [0.1, 0.15) is 0 Å². The summed E-state index contributed by atoms with van der Waals surface area (Å²) in [5.41, 5.74) is 1.20. The van der Waals surface area contributed by atoms with Gasteiger partial charge in [-0.2, -0.15) is 0 Å². The molecule has 1 aliphatic rings. The Morgan fingerprint density at radius 1 is 1.37 bits per heavy atom. The molecule has 1 aromatic carbocycles. The van der Waals surface area contributed by atoms with Crippen LogP contribution in [0.4, 0.5) is 0 Å². The van der Waals surface area contributed by atoms with Crippen LogP contribution in [0, 0.1) is 0 Å². The van der Waals surface area contributed by atoms with Crippen molar-refractivity contribution in [3.63, 3.8) is 0 Å². The van der Waals surface area contributed by atoms with Crippen LogP contribution >= 0.6 is 0 Å². The van der Waals surface area contributed by atoms with Crippen LogP contribution in [0.1, 0.15) is 18.9 Å². The minimum Gasteiger partial charge on any atom is -0.382 e. The molecule has 1 unspecified atom stereocenters. The van der Waals surface area contributed by atoms with E-state index in [2.05, 4.69) is 17.4 Å². The van der Waals surface area contributed by atoms with E-state index < -0.39 is 0 Å². The highest BCUT2D eigenvalue weighted by atomic mass is 16.5. The van der Waals surface area contributed by atoms with E-state index in [-0.39, 0.29) is 11.9 Å². The van der Waals surface area contributed by atoms with E-state index >= 15 is 0 Å². The van der Waals surface area contributed by atoms with Crippen LogP contribution in [-0.4, -0.2) is 43.3 Å². The number of rotatable bonds is 7. The Morgan fingerprint density at radius 3 is 2.89 bits per heavy atom. The van der Waals surface area contributed by atoms with E-state index in [9.17, 15) is 4.79 Å². The summed E-state index contributed by atoms with van der Waals surface area (Å²) in [5, 5.41) is 3.28. The number of nitrogens with zero attached hydrogens (tertiary/aromatic N) is 1. The molecule has 4 nitrogen and oxygen atoms in total. The molecule has 1 fully saturated rings. The summed E-state index contributed by atoms with van der Waals surface area (Å²) in [4.78, 5) is 14.1. The number of hydrogen-bond donors (Lipinski definition) is 1. The molecule has 1 aromatic rings. The molecule has 0 bridgehead atoms. The lowest BCUT2D eigenvalue weighted by molar-refractivity contribution is -0.129. The lowest BCUT2D eigenvalue weighted by Crippen LogP contribution is -2.33. The first-order valence-corrected chi connectivity index (χ1v) is 6.95. The normalized spacial score (nSPS) is 19.1. The van der Waals surface area contributed by atoms with Crippen LogP contribution in [0.5, 0.6) is 0 Å². The van der Waals surface area contributed by atoms with Crippen molar-refractivity contribution in [2.75, 3.05) is 26.4 Å². The fraction of sp³-hybridized carbons (Fsp3) is 0.533. The molecule has 1 amide bonds. The van der Waals surface area contributed by atoms with Crippen molar-refractivity contribution < 1.29 is 9.53 Å². The molecule has 0 spiro atoms. The predicted molar refractivity (Wildman–Crippen MR) is 74.8 cm³/mol. The quantitative estimate of drug-likeness (QED) is 0.756. The molecule has 1 aliphatic heterocycles. The molecule has 0 radical (unpaired) electrons. The summed E-state index contributed by atoms with van der Waals surface area (Å²) in [6, 6.07) is 10.1. The third-order valence-corrected chi connectivity index (χ3v) is 3.34. The minimum atomic E-state index is -0.0745. The third-order valence-electron chi connectivity index (χ3n) is 3.34. The molecule has 0 aliphatic carbocycles. The third kappa shape index (κ3) is 4.04. The minimum absolute atomic E-state index is 0.0745.